The standard InChI is InChI=1S/C10H16N2O/c1-11-10(13)9-5-4-8(6-9)7-12(2)3/h4-6,9H,7H2,1-3H3,(H,11,13). The summed E-state index contributed by atoms with van der Waals surface area (Å²) >= 11 is 0. The molecule has 3 heteroatoms. The number of hydrogen-bond donors (Lipinski definition) is 1. The molecule has 3 nitrogen and oxygen atoms in total. The van der Waals surface area contributed by atoms with Crippen molar-refractivity contribution < 1.29 is 4.79 Å². The van der Waals surface area contributed by atoms with Gasteiger partial charge < -0.3 is 10.2 Å². The lowest BCUT2D eigenvalue weighted by atomic mass is 10.1. The molecule has 1 rings (SSSR count). The average Bonchev–Trinajstić information content (AvgIpc) is 2.50. The summed E-state index contributed by atoms with van der Waals surface area (Å²) in [6.45, 7) is 0.893. The van der Waals surface area contributed by atoms with Crippen LogP contribution >= 0.6 is 0 Å². The van der Waals surface area contributed by atoms with Gasteiger partial charge in [-0.05, 0) is 19.7 Å². The van der Waals surface area contributed by atoms with E-state index in [1.165, 1.54) is 5.57 Å². The topological polar surface area (TPSA) is 32.3 Å². The number of likely N-dealkylation sites (N-methyl/N-ethyl adjacent to an activating group) is 1. The van der Waals surface area contributed by atoms with Gasteiger partial charge in [-0.25, -0.2) is 0 Å². The highest BCUT2D eigenvalue weighted by atomic mass is 16.1. The molecule has 13 heavy (non-hydrogen) atoms. The summed E-state index contributed by atoms with van der Waals surface area (Å²) < 4.78 is 0. The first-order chi connectivity index (χ1) is 6.13. The minimum absolute atomic E-state index is 0.0602. The van der Waals surface area contributed by atoms with Crippen molar-refractivity contribution in [1.29, 1.82) is 0 Å². The second-order valence-electron chi connectivity index (χ2n) is 3.48. The Bertz CT molecular complexity index is 254. The number of nitrogens with one attached hydrogen (secondary N) is 1. The number of amides is 1. The van der Waals surface area contributed by atoms with Gasteiger partial charge in [-0.2, -0.15) is 0 Å². The van der Waals surface area contributed by atoms with Crippen molar-refractivity contribution in [2.24, 2.45) is 5.92 Å². The molecule has 0 fully saturated rings. The molecule has 0 aromatic carbocycles. The van der Waals surface area contributed by atoms with Crippen LogP contribution in [0.4, 0.5) is 0 Å². The van der Waals surface area contributed by atoms with Gasteiger partial charge >= 0.3 is 0 Å². The third-order valence-corrected chi connectivity index (χ3v) is 1.96. The Morgan fingerprint density at radius 2 is 2.31 bits per heavy atom. The molecule has 1 aliphatic rings. The molecule has 0 spiro atoms. The predicted molar refractivity (Wildman–Crippen MR) is 53.3 cm³/mol. The molecule has 0 aliphatic heterocycles. The molecule has 1 atom stereocenters. The quantitative estimate of drug-likeness (QED) is 0.682. The van der Waals surface area contributed by atoms with E-state index in [0.29, 0.717) is 0 Å². The Kier molecular flexibility index (Phi) is 3.25. The van der Waals surface area contributed by atoms with Crippen molar-refractivity contribution in [1.82, 2.24) is 10.2 Å². The lowest BCUT2D eigenvalue weighted by Crippen LogP contribution is -2.24. The molecule has 72 valence electrons. The lowest BCUT2D eigenvalue weighted by Gasteiger charge is -2.08. The van der Waals surface area contributed by atoms with Crippen LogP contribution in [-0.4, -0.2) is 38.5 Å². The van der Waals surface area contributed by atoms with Crippen molar-refractivity contribution in [3.05, 3.63) is 23.8 Å². The summed E-state index contributed by atoms with van der Waals surface area (Å²) in [7, 11) is 5.69. The predicted octanol–water partition coefficient (Wildman–Crippen LogP) is 0.406. The first-order valence-electron chi connectivity index (χ1n) is 4.38. The Hall–Kier alpha value is -1.09. The van der Waals surface area contributed by atoms with E-state index in [0.717, 1.165) is 6.54 Å². The number of carbonyl (C=O) groups excluding carboxylic acids is 1. The van der Waals surface area contributed by atoms with E-state index in [1.807, 2.05) is 32.3 Å². The number of nitrogens with zero attached hydrogens (tertiary/aromatic N) is 1. The van der Waals surface area contributed by atoms with Crippen LogP contribution in [0.15, 0.2) is 23.8 Å². The molecule has 0 aromatic rings. The van der Waals surface area contributed by atoms with Crippen LogP contribution in [0.5, 0.6) is 0 Å². The zero-order valence-corrected chi connectivity index (χ0v) is 8.37. The van der Waals surface area contributed by atoms with Gasteiger partial charge in [0, 0.05) is 13.6 Å². The van der Waals surface area contributed by atoms with E-state index in [2.05, 4.69) is 10.2 Å². The maximum atomic E-state index is 11.2. The number of carbonyl (C=O) groups is 1. The van der Waals surface area contributed by atoms with E-state index in [-0.39, 0.29) is 11.8 Å². The minimum Gasteiger partial charge on any atom is -0.358 e. The van der Waals surface area contributed by atoms with E-state index >= 15 is 0 Å². The van der Waals surface area contributed by atoms with Crippen molar-refractivity contribution in [3.63, 3.8) is 0 Å². The van der Waals surface area contributed by atoms with Crippen LogP contribution in [0.3, 0.4) is 0 Å². The summed E-state index contributed by atoms with van der Waals surface area (Å²) in [4.78, 5) is 13.3. The summed E-state index contributed by atoms with van der Waals surface area (Å²) in [5.41, 5.74) is 1.21. The smallest absolute Gasteiger partial charge is 0.230 e. The third kappa shape index (κ3) is 2.70. The van der Waals surface area contributed by atoms with Gasteiger partial charge in [0.25, 0.3) is 0 Å². The molecule has 0 bridgehead atoms. The Morgan fingerprint density at radius 3 is 2.85 bits per heavy atom. The molecule has 0 saturated carbocycles. The SMILES string of the molecule is CNC(=O)C1C=CC(CN(C)C)=C1. The van der Waals surface area contributed by atoms with Gasteiger partial charge in [0.1, 0.15) is 0 Å². The second-order valence-corrected chi connectivity index (χ2v) is 3.48. The number of rotatable bonds is 3. The summed E-state index contributed by atoms with van der Waals surface area (Å²) in [6, 6.07) is 0. The Labute approximate surface area is 79.1 Å². The largest absolute Gasteiger partial charge is 0.358 e. The maximum absolute atomic E-state index is 11.2. The van der Waals surface area contributed by atoms with Gasteiger partial charge in [0.2, 0.25) is 5.91 Å². The first-order valence-corrected chi connectivity index (χ1v) is 4.38. The molecule has 1 N–H and O–H groups in total. The summed E-state index contributed by atoms with van der Waals surface area (Å²) in [6.07, 6.45) is 5.94. The Balaban J connectivity index is 2.55. The molecule has 1 unspecified atom stereocenters. The van der Waals surface area contributed by atoms with Crippen LogP contribution in [0.25, 0.3) is 0 Å². The van der Waals surface area contributed by atoms with Gasteiger partial charge in [-0.15, -0.1) is 0 Å². The van der Waals surface area contributed by atoms with Gasteiger partial charge in [-0.1, -0.05) is 18.2 Å². The molecule has 0 saturated heterocycles. The fraction of sp³-hybridized carbons (Fsp3) is 0.500. The molecular formula is C10H16N2O. The first kappa shape index (κ1) is 9.99. The monoisotopic (exact) mass is 180 g/mol. The molecule has 1 aliphatic carbocycles. The van der Waals surface area contributed by atoms with Crippen LogP contribution in [-0.2, 0) is 4.79 Å². The third-order valence-electron chi connectivity index (χ3n) is 1.96. The highest BCUT2D eigenvalue weighted by molar-refractivity contribution is 5.83. The molecule has 0 heterocycles. The van der Waals surface area contributed by atoms with Gasteiger partial charge in [0.15, 0.2) is 0 Å². The van der Waals surface area contributed by atoms with Crippen LogP contribution < -0.4 is 5.32 Å². The van der Waals surface area contributed by atoms with E-state index in [9.17, 15) is 4.79 Å². The van der Waals surface area contributed by atoms with E-state index in [1.54, 1.807) is 7.05 Å². The Morgan fingerprint density at radius 1 is 1.62 bits per heavy atom. The summed E-state index contributed by atoms with van der Waals surface area (Å²) in [5.74, 6) is -0.00930. The zero-order valence-electron chi connectivity index (χ0n) is 8.37. The number of hydrogen-bond acceptors (Lipinski definition) is 2. The van der Waals surface area contributed by atoms with Crippen LogP contribution in [0, 0.1) is 5.92 Å². The van der Waals surface area contributed by atoms with E-state index < -0.39 is 0 Å². The van der Waals surface area contributed by atoms with Crippen molar-refractivity contribution in [2.75, 3.05) is 27.7 Å². The lowest BCUT2D eigenvalue weighted by molar-refractivity contribution is -0.121. The molecule has 0 aromatic heterocycles. The van der Waals surface area contributed by atoms with E-state index in [4.69, 9.17) is 0 Å². The van der Waals surface area contributed by atoms with Crippen LogP contribution in [0.2, 0.25) is 0 Å². The van der Waals surface area contributed by atoms with Crippen molar-refractivity contribution in [2.45, 2.75) is 0 Å². The summed E-state index contributed by atoms with van der Waals surface area (Å²) in [5, 5.41) is 2.63. The van der Waals surface area contributed by atoms with Crippen molar-refractivity contribution in [3.8, 4) is 0 Å². The van der Waals surface area contributed by atoms with Gasteiger partial charge in [0.05, 0.1) is 5.92 Å². The molecule has 0 radical (unpaired) electrons. The zero-order chi connectivity index (χ0) is 9.84. The minimum atomic E-state index is -0.0695. The highest BCUT2D eigenvalue weighted by Gasteiger charge is 2.15. The fourth-order valence-electron chi connectivity index (χ4n) is 1.37. The van der Waals surface area contributed by atoms with Gasteiger partial charge in [-0.3, -0.25) is 4.79 Å². The molecular weight excluding hydrogens is 164 g/mol. The molecule has 1 amide bonds. The van der Waals surface area contributed by atoms with Crippen LogP contribution in [0.1, 0.15) is 0 Å². The normalized spacial score (nSPS) is 20.6. The average molecular weight is 180 g/mol. The fourth-order valence-corrected chi connectivity index (χ4v) is 1.37. The highest BCUT2D eigenvalue weighted by Crippen LogP contribution is 2.16. The maximum Gasteiger partial charge on any atom is 0.230 e. The van der Waals surface area contributed by atoms with Crippen molar-refractivity contribution >= 4 is 5.91 Å². The second kappa shape index (κ2) is 4.23.